The van der Waals surface area contributed by atoms with Crippen LogP contribution >= 0.6 is 0 Å². The van der Waals surface area contributed by atoms with E-state index in [1.807, 2.05) is 6.20 Å². The predicted molar refractivity (Wildman–Crippen MR) is 108 cm³/mol. The van der Waals surface area contributed by atoms with E-state index in [0.717, 1.165) is 12.1 Å². The normalized spacial score (nSPS) is 11.5. The van der Waals surface area contributed by atoms with Crippen molar-refractivity contribution in [2.24, 2.45) is 0 Å². The Bertz CT molecular complexity index is 838. The van der Waals surface area contributed by atoms with Crippen LogP contribution in [0.2, 0.25) is 0 Å². The van der Waals surface area contributed by atoms with Crippen molar-refractivity contribution in [2.75, 3.05) is 0 Å². The third kappa shape index (κ3) is 3.99. The van der Waals surface area contributed by atoms with E-state index < -0.39 is 0 Å². The minimum Gasteiger partial charge on any atom is -0.256 e. The summed E-state index contributed by atoms with van der Waals surface area (Å²) in [4.78, 5) is 4.57. The number of nitrogens with zero attached hydrogens (tertiary/aromatic N) is 1. The van der Waals surface area contributed by atoms with Crippen LogP contribution in [-0.4, -0.2) is 4.98 Å². The summed E-state index contributed by atoms with van der Waals surface area (Å²) in [6.45, 7) is 8.94. The molecule has 0 fully saturated rings. The molecule has 0 unspecified atom stereocenters. The van der Waals surface area contributed by atoms with Crippen molar-refractivity contribution in [3.63, 3.8) is 0 Å². The molecule has 0 spiro atoms. The number of pyridine rings is 1. The van der Waals surface area contributed by atoms with Gasteiger partial charge in [-0.1, -0.05) is 82.6 Å². The van der Waals surface area contributed by atoms with Gasteiger partial charge in [-0.2, -0.15) is 0 Å². The zero-order valence-corrected chi connectivity index (χ0v) is 15.7. The molecule has 25 heavy (non-hydrogen) atoms. The molecule has 1 nitrogen and oxygen atoms in total. The third-order valence-corrected chi connectivity index (χ3v) is 4.65. The summed E-state index contributed by atoms with van der Waals surface area (Å²) in [6.07, 6.45) is 4.20. The first-order valence-electron chi connectivity index (χ1n) is 9.14. The van der Waals surface area contributed by atoms with Crippen LogP contribution in [0.5, 0.6) is 0 Å². The molecule has 0 bridgehead atoms. The van der Waals surface area contributed by atoms with E-state index >= 15 is 0 Å². The summed E-state index contributed by atoms with van der Waals surface area (Å²) < 4.78 is 0. The predicted octanol–water partition coefficient (Wildman–Crippen LogP) is 6.67. The Balaban J connectivity index is 1.94. The Kier molecular flexibility index (Phi) is 5.03. The van der Waals surface area contributed by atoms with Crippen LogP contribution < -0.4 is 0 Å². The molecule has 0 radical (unpaired) electrons. The summed E-state index contributed by atoms with van der Waals surface area (Å²) >= 11 is 0. The van der Waals surface area contributed by atoms with E-state index in [1.165, 1.54) is 34.2 Å². The van der Waals surface area contributed by atoms with Crippen LogP contribution in [-0.2, 0) is 11.8 Å². The van der Waals surface area contributed by atoms with E-state index in [0.29, 0.717) is 0 Å². The Morgan fingerprint density at radius 1 is 0.840 bits per heavy atom. The summed E-state index contributed by atoms with van der Waals surface area (Å²) in [7, 11) is 0. The van der Waals surface area contributed by atoms with Crippen molar-refractivity contribution in [1.82, 2.24) is 4.98 Å². The van der Waals surface area contributed by atoms with Crippen molar-refractivity contribution >= 4 is 0 Å². The number of aromatic nitrogens is 1. The summed E-state index contributed by atoms with van der Waals surface area (Å²) in [5.41, 5.74) is 7.70. The second kappa shape index (κ2) is 7.23. The van der Waals surface area contributed by atoms with E-state index in [-0.39, 0.29) is 5.41 Å². The Labute approximate surface area is 151 Å². The number of rotatable bonds is 4. The van der Waals surface area contributed by atoms with Gasteiger partial charge in [-0.05, 0) is 46.2 Å². The molecule has 0 aliphatic carbocycles. The first kappa shape index (κ1) is 17.4. The zero-order valence-electron chi connectivity index (χ0n) is 15.7. The van der Waals surface area contributed by atoms with Gasteiger partial charge in [0.25, 0.3) is 0 Å². The smallest absolute Gasteiger partial charge is 0.0704 e. The van der Waals surface area contributed by atoms with Gasteiger partial charge in [0.15, 0.2) is 0 Å². The van der Waals surface area contributed by atoms with Gasteiger partial charge in [-0.25, -0.2) is 0 Å². The summed E-state index contributed by atoms with van der Waals surface area (Å²) in [5, 5.41) is 0. The molecule has 0 atom stereocenters. The molecule has 128 valence electrons. The fourth-order valence-electron chi connectivity index (χ4n) is 3.16. The lowest BCUT2D eigenvalue weighted by molar-refractivity contribution is 0.589. The lowest BCUT2D eigenvalue weighted by Gasteiger charge is -2.19. The fraction of sp³-hybridized carbons (Fsp3) is 0.292. The monoisotopic (exact) mass is 329 g/mol. The quantitative estimate of drug-likeness (QED) is 0.521. The van der Waals surface area contributed by atoms with Crippen LogP contribution in [0.1, 0.15) is 45.2 Å². The van der Waals surface area contributed by atoms with E-state index in [1.54, 1.807) is 0 Å². The van der Waals surface area contributed by atoms with Crippen molar-refractivity contribution in [3.8, 4) is 22.4 Å². The van der Waals surface area contributed by atoms with Gasteiger partial charge in [-0.3, -0.25) is 4.98 Å². The minimum absolute atomic E-state index is 0.136. The molecule has 1 heterocycles. The Hall–Kier alpha value is -2.41. The molecule has 0 saturated heterocycles. The highest BCUT2D eigenvalue weighted by Crippen LogP contribution is 2.29. The SMILES string of the molecule is CCCc1ccccc1-c1ccc(-c2cc(C(C)(C)C)ccn2)cc1. The number of aryl methyl sites for hydroxylation is 1. The summed E-state index contributed by atoms with van der Waals surface area (Å²) in [5.74, 6) is 0. The van der Waals surface area contributed by atoms with Crippen LogP contribution in [0, 0.1) is 0 Å². The largest absolute Gasteiger partial charge is 0.256 e. The standard InChI is InChI=1S/C24H27N/c1-5-8-18-9-6-7-10-22(18)19-11-13-20(14-12-19)23-17-21(15-16-25-23)24(2,3)4/h6-7,9-17H,5,8H2,1-4H3. The number of hydrogen-bond acceptors (Lipinski definition) is 1. The van der Waals surface area contributed by atoms with Gasteiger partial charge < -0.3 is 0 Å². The molecule has 0 amide bonds. The van der Waals surface area contributed by atoms with Crippen molar-refractivity contribution in [3.05, 3.63) is 78.0 Å². The maximum atomic E-state index is 4.57. The molecule has 1 aromatic heterocycles. The molecular weight excluding hydrogens is 302 g/mol. The molecule has 0 saturated carbocycles. The fourth-order valence-corrected chi connectivity index (χ4v) is 3.16. The van der Waals surface area contributed by atoms with Gasteiger partial charge in [0, 0.05) is 11.8 Å². The highest BCUT2D eigenvalue weighted by molar-refractivity contribution is 5.71. The van der Waals surface area contributed by atoms with Crippen LogP contribution in [0.25, 0.3) is 22.4 Å². The molecule has 1 heteroatoms. The highest BCUT2D eigenvalue weighted by Gasteiger charge is 2.14. The van der Waals surface area contributed by atoms with E-state index in [4.69, 9.17) is 0 Å². The van der Waals surface area contributed by atoms with Crippen LogP contribution in [0.4, 0.5) is 0 Å². The number of hydrogen-bond donors (Lipinski definition) is 0. The number of benzene rings is 2. The lowest BCUT2D eigenvalue weighted by atomic mass is 9.87. The van der Waals surface area contributed by atoms with Gasteiger partial charge in [0.05, 0.1) is 5.69 Å². The molecule has 0 aliphatic rings. The molecule has 0 aliphatic heterocycles. The topological polar surface area (TPSA) is 12.9 Å². The van der Waals surface area contributed by atoms with Crippen molar-refractivity contribution < 1.29 is 0 Å². The van der Waals surface area contributed by atoms with Crippen molar-refractivity contribution in [2.45, 2.75) is 46.0 Å². The summed E-state index contributed by atoms with van der Waals surface area (Å²) in [6, 6.07) is 21.8. The van der Waals surface area contributed by atoms with E-state index in [2.05, 4.69) is 93.3 Å². The molecule has 3 rings (SSSR count). The average Bonchev–Trinajstić information content (AvgIpc) is 2.62. The van der Waals surface area contributed by atoms with E-state index in [9.17, 15) is 0 Å². The Morgan fingerprint density at radius 3 is 2.20 bits per heavy atom. The maximum Gasteiger partial charge on any atom is 0.0704 e. The molecular formula is C24H27N. The Morgan fingerprint density at radius 2 is 1.52 bits per heavy atom. The van der Waals surface area contributed by atoms with Gasteiger partial charge >= 0.3 is 0 Å². The van der Waals surface area contributed by atoms with Gasteiger partial charge in [0.1, 0.15) is 0 Å². The lowest BCUT2D eigenvalue weighted by Crippen LogP contribution is -2.11. The minimum atomic E-state index is 0.136. The van der Waals surface area contributed by atoms with Gasteiger partial charge in [-0.15, -0.1) is 0 Å². The van der Waals surface area contributed by atoms with Gasteiger partial charge in [0.2, 0.25) is 0 Å². The van der Waals surface area contributed by atoms with Crippen LogP contribution in [0.15, 0.2) is 66.9 Å². The average molecular weight is 329 g/mol. The molecule has 3 aromatic rings. The molecule has 0 N–H and O–H groups in total. The van der Waals surface area contributed by atoms with Crippen molar-refractivity contribution in [1.29, 1.82) is 0 Å². The highest BCUT2D eigenvalue weighted by atomic mass is 14.7. The zero-order chi connectivity index (χ0) is 17.9. The maximum absolute atomic E-state index is 4.57. The second-order valence-electron chi connectivity index (χ2n) is 7.66. The molecule has 2 aromatic carbocycles. The van der Waals surface area contributed by atoms with Crippen LogP contribution in [0.3, 0.4) is 0 Å². The third-order valence-electron chi connectivity index (χ3n) is 4.65. The second-order valence-corrected chi connectivity index (χ2v) is 7.66. The first-order valence-corrected chi connectivity index (χ1v) is 9.14. The first-order chi connectivity index (χ1) is 12.0.